The van der Waals surface area contributed by atoms with Gasteiger partial charge in [0, 0.05) is 4.47 Å². The molecule has 0 spiro atoms. The van der Waals surface area contributed by atoms with Gasteiger partial charge in [-0.1, -0.05) is 33.6 Å². The fraction of sp³-hybridized carbons (Fsp3) is 0.133. The van der Waals surface area contributed by atoms with E-state index < -0.39 is 5.97 Å². The second-order valence-corrected chi connectivity index (χ2v) is 5.44. The summed E-state index contributed by atoms with van der Waals surface area (Å²) >= 11 is 9.43. The van der Waals surface area contributed by atoms with Crippen LogP contribution >= 0.6 is 27.5 Å². The highest BCUT2D eigenvalue weighted by molar-refractivity contribution is 9.10. The van der Waals surface area contributed by atoms with Gasteiger partial charge in [0.1, 0.15) is 11.3 Å². The Bertz CT molecular complexity index is 676. The average molecular weight is 371 g/mol. The van der Waals surface area contributed by atoms with Crippen molar-refractivity contribution in [2.45, 2.75) is 6.92 Å². The molecule has 0 amide bonds. The number of hydrogen-bond donors (Lipinski definition) is 1. The molecule has 110 valence electrons. The van der Waals surface area contributed by atoms with Crippen molar-refractivity contribution in [3.63, 3.8) is 0 Å². The number of rotatable bonds is 4. The number of ether oxygens (including phenoxy) is 2. The van der Waals surface area contributed by atoms with Gasteiger partial charge >= 0.3 is 5.97 Å². The van der Waals surface area contributed by atoms with Gasteiger partial charge in [-0.15, -0.1) is 0 Å². The van der Waals surface area contributed by atoms with Crippen molar-refractivity contribution in [1.82, 2.24) is 0 Å². The van der Waals surface area contributed by atoms with Crippen molar-refractivity contribution in [2.24, 2.45) is 0 Å². The number of halogens is 2. The second kappa shape index (κ2) is 6.83. The number of anilines is 1. The van der Waals surface area contributed by atoms with Crippen LogP contribution in [0, 0.1) is 0 Å². The van der Waals surface area contributed by atoms with Gasteiger partial charge < -0.3 is 15.2 Å². The summed E-state index contributed by atoms with van der Waals surface area (Å²) < 4.78 is 11.5. The minimum Gasteiger partial charge on any atom is -0.462 e. The van der Waals surface area contributed by atoms with Crippen LogP contribution in [-0.2, 0) is 4.74 Å². The second-order valence-electron chi connectivity index (χ2n) is 4.12. The molecule has 0 aliphatic carbocycles. The maximum absolute atomic E-state index is 11.9. The normalized spacial score (nSPS) is 10.2. The predicted molar refractivity (Wildman–Crippen MR) is 86.0 cm³/mol. The van der Waals surface area contributed by atoms with Crippen LogP contribution in [0.3, 0.4) is 0 Å². The number of para-hydroxylation sites is 1. The fourth-order valence-corrected chi connectivity index (χ4v) is 2.42. The van der Waals surface area contributed by atoms with E-state index in [1.54, 1.807) is 43.3 Å². The summed E-state index contributed by atoms with van der Waals surface area (Å²) in [6, 6.07) is 10.1. The lowest BCUT2D eigenvalue weighted by Gasteiger charge is -2.13. The molecule has 0 saturated carbocycles. The Morgan fingerprint density at radius 1 is 1.33 bits per heavy atom. The zero-order valence-electron chi connectivity index (χ0n) is 11.2. The van der Waals surface area contributed by atoms with E-state index in [4.69, 9.17) is 26.8 Å². The summed E-state index contributed by atoms with van der Waals surface area (Å²) in [5, 5.41) is 0.405. The van der Waals surface area contributed by atoms with Crippen molar-refractivity contribution in [3.05, 3.63) is 51.5 Å². The summed E-state index contributed by atoms with van der Waals surface area (Å²) in [5.41, 5.74) is 6.49. The molecule has 0 fully saturated rings. The molecule has 21 heavy (non-hydrogen) atoms. The number of nitrogens with two attached hydrogens (primary N) is 1. The van der Waals surface area contributed by atoms with Crippen molar-refractivity contribution in [2.75, 3.05) is 12.3 Å². The molecule has 0 aliphatic rings. The molecule has 4 nitrogen and oxygen atoms in total. The van der Waals surface area contributed by atoms with Crippen LogP contribution in [0.2, 0.25) is 5.02 Å². The lowest BCUT2D eigenvalue weighted by Crippen LogP contribution is -2.08. The summed E-state index contributed by atoms with van der Waals surface area (Å²) in [4.78, 5) is 11.9. The van der Waals surface area contributed by atoms with E-state index in [1.165, 1.54) is 0 Å². The zero-order valence-corrected chi connectivity index (χ0v) is 13.6. The molecule has 0 unspecified atom stereocenters. The first kappa shape index (κ1) is 15.7. The predicted octanol–water partition coefficient (Wildman–Crippen LogP) is 4.65. The highest BCUT2D eigenvalue weighted by atomic mass is 79.9. The van der Waals surface area contributed by atoms with E-state index in [-0.39, 0.29) is 17.9 Å². The Hall–Kier alpha value is -1.72. The number of hydrogen-bond acceptors (Lipinski definition) is 4. The smallest absolute Gasteiger partial charge is 0.342 e. The first-order valence-corrected chi connectivity index (χ1v) is 7.38. The highest BCUT2D eigenvalue weighted by Crippen LogP contribution is 2.36. The van der Waals surface area contributed by atoms with E-state index in [2.05, 4.69) is 15.9 Å². The van der Waals surface area contributed by atoms with Gasteiger partial charge in [0.05, 0.1) is 17.3 Å². The molecular formula is C15H13BrClNO3. The number of carbonyl (C=O) groups is 1. The number of nitrogen functional groups attached to an aromatic ring is 1. The van der Waals surface area contributed by atoms with Gasteiger partial charge in [-0.2, -0.15) is 0 Å². The van der Waals surface area contributed by atoms with Crippen molar-refractivity contribution in [1.29, 1.82) is 0 Å². The monoisotopic (exact) mass is 369 g/mol. The number of esters is 1. The molecule has 2 rings (SSSR count). The van der Waals surface area contributed by atoms with Crippen LogP contribution in [0.25, 0.3) is 0 Å². The SMILES string of the molecule is CCOC(=O)c1cccc(N)c1Oc1ccc(Br)cc1Cl. The van der Waals surface area contributed by atoms with Gasteiger partial charge in [0.15, 0.2) is 5.75 Å². The molecule has 0 aromatic heterocycles. The molecule has 2 aromatic carbocycles. The van der Waals surface area contributed by atoms with Crippen LogP contribution in [0.1, 0.15) is 17.3 Å². The van der Waals surface area contributed by atoms with Gasteiger partial charge in [-0.3, -0.25) is 0 Å². The first-order chi connectivity index (χ1) is 10.0. The lowest BCUT2D eigenvalue weighted by atomic mass is 10.1. The van der Waals surface area contributed by atoms with Gasteiger partial charge in [-0.05, 0) is 37.3 Å². The summed E-state index contributed by atoms with van der Waals surface area (Å²) in [6.07, 6.45) is 0. The molecule has 2 N–H and O–H groups in total. The fourth-order valence-electron chi connectivity index (χ4n) is 1.71. The molecule has 0 aliphatic heterocycles. The van der Waals surface area contributed by atoms with Crippen molar-refractivity contribution >= 4 is 39.2 Å². The van der Waals surface area contributed by atoms with E-state index in [9.17, 15) is 4.79 Å². The Balaban J connectivity index is 2.41. The van der Waals surface area contributed by atoms with E-state index >= 15 is 0 Å². The third-order valence-corrected chi connectivity index (χ3v) is 3.44. The molecule has 0 saturated heterocycles. The quantitative estimate of drug-likeness (QED) is 0.628. The first-order valence-electron chi connectivity index (χ1n) is 6.21. The van der Waals surface area contributed by atoms with Crippen molar-refractivity contribution in [3.8, 4) is 11.5 Å². The Labute approximate surface area is 135 Å². The molecule has 6 heteroatoms. The average Bonchev–Trinajstić information content (AvgIpc) is 2.43. The van der Waals surface area contributed by atoms with E-state index in [0.29, 0.717) is 16.5 Å². The van der Waals surface area contributed by atoms with Crippen LogP contribution in [-0.4, -0.2) is 12.6 Å². The number of benzene rings is 2. The van der Waals surface area contributed by atoms with Crippen LogP contribution in [0.5, 0.6) is 11.5 Å². The van der Waals surface area contributed by atoms with Crippen LogP contribution < -0.4 is 10.5 Å². The minimum absolute atomic E-state index is 0.236. The molecule has 0 heterocycles. The Kier molecular flexibility index (Phi) is 5.09. The maximum atomic E-state index is 11.9. The summed E-state index contributed by atoms with van der Waals surface area (Å²) in [6.45, 7) is 2.00. The largest absolute Gasteiger partial charge is 0.462 e. The maximum Gasteiger partial charge on any atom is 0.342 e. The summed E-state index contributed by atoms with van der Waals surface area (Å²) in [7, 11) is 0. The van der Waals surface area contributed by atoms with E-state index in [0.717, 1.165) is 4.47 Å². The number of carbonyl (C=O) groups excluding carboxylic acids is 1. The van der Waals surface area contributed by atoms with E-state index in [1.807, 2.05) is 0 Å². The summed E-state index contributed by atoms with van der Waals surface area (Å²) in [5.74, 6) is 0.150. The van der Waals surface area contributed by atoms with Crippen LogP contribution in [0.4, 0.5) is 5.69 Å². The molecule has 0 radical (unpaired) electrons. The molecule has 0 atom stereocenters. The third-order valence-electron chi connectivity index (χ3n) is 2.65. The van der Waals surface area contributed by atoms with Gasteiger partial charge in [0.25, 0.3) is 0 Å². The molecule has 2 aromatic rings. The standard InChI is InChI=1S/C15H13BrClNO3/c1-2-20-15(19)10-4-3-5-12(18)14(10)21-13-7-6-9(16)8-11(13)17/h3-8H,2,18H2,1H3. The highest BCUT2D eigenvalue weighted by Gasteiger charge is 2.18. The molecule has 0 bridgehead atoms. The van der Waals surface area contributed by atoms with Gasteiger partial charge in [0.2, 0.25) is 0 Å². The zero-order chi connectivity index (χ0) is 15.4. The molecular weight excluding hydrogens is 358 g/mol. The lowest BCUT2D eigenvalue weighted by molar-refractivity contribution is 0.0523. The third kappa shape index (κ3) is 3.68. The van der Waals surface area contributed by atoms with Gasteiger partial charge in [-0.25, -0.2) is 4.79 Å². The van der Waals surface area contributed by atoms with Crippen molar-refractivity contribution < 1.29 is 14.3 Å². The minimum atomic E-state index is -0.493. The Morgan fingerprint density at radius 2 is 2.10 bits per heavy atom. The Morgan fingerprint density at radius 3 is 2.76 bits per heavy atom. The van der Waals surface area contributed by atoms with Crippen LogP contribution in [0.15, 0.2) is 40.9 Å². The topological polar surface area (TPSA) is 61.5 Å².